The molecule has 0 saturated carbocycles. The lowest BCUT2D eigenvalue weighted by molar-refractivity contribution is 0.300. The van der Waals surface area contributed by atoms with E-state index >= 15 is 0 Å². The Bertz CT molecular complexity index is 442. The predicted octanol–water partition coefficient (Wildman–Crippen LogP) is 1.46. The van der Waals surface area contributed by atoms with Crippen LogP contribution in [0, 0.1) is 0 Å². The lowest BCUT2D eigenvalue weighted by Crippen LogP contribution is -2.22. The van der Waals surface area contributed by atoms with E-state index in [1.807, 2.05) is 6.92 Å². The van der Waals surface area contributed by atoms with E-state index < -0.39 is 10.0 Å². The normalized spacial score (nSPS) is 13.6. The van der Waals surface area contributed by atoms with Gasteiger partial charge in [0.15, 0.2) is 0 Å². The number of benzene rings is 1. The van der Waals surface area contributed by atoms with Gasteiger partial charge < -0.3 is 5.11 Å². The van der Waals surface area contributed by atoms with Gasteiger partial charge >= 0.3 is 0 Å². The summed E-state index contributed by atoms with van der Waals surface area (Å²) in [5, 5.41) is 9.03. The van der Waals surface area contributed by atoms with E-state index in [1.54, 1.807) is 31.2 Å². The SMILES string of the molecule is CCNS(=O)(=O)c1ccc(SC(C)CO)cc1. The van der Waals surface area contributed by atoms with Crippen molar-refractivity contribution in [2.45, 2.75) is 28.9 Å². The Labute approximate surface area is 106 Å². The Hall–Kier alpha value is -0.560. The fourth-order valence-electron chi connectivity index (χ4n) is 1.24. The summed E-state index contributed by atoms with van der Waals surface area (Å²) in [6.45, 7) is 4.13. The molecule has 6 heteroatoms. The van der Waals surface area contributed by atoms with Crippen molar-refractivity contribution in [3.8, 4) is 0 Å². The van der Waals surface area contributed by atoms with Crippen LogP contribution in [0.15, 0.2) is 34.1 Å². The van der Waals surface area contributed by atoms with Gasteiger partial charge in [-0.1, -0.05) is 13.8 Å². The fraction of sp³-hybridized carbons (Fsp3) is 0.455. The van der Waals surface area contributed by atoms with Crippen LogP contribution in [0.5, 0.6) is 0 Å². The minimum atomic E-state index is -3.37. The Morgan fingerprint density at radius 2 is 1.94 bits per heavy atom. The molecule has 0 fully saturated rings. The highest BCUT2D eigenvalue weighted by molar-refractivity contribution is 8.00. The number of aliphatic hydroxyl groups is 1. The number of nitrogens with one attached hydrogen (secondary N) is 1. The van der Waals surface area contributed by atoms with Crippen LogP contribution in [0.25, 0.3) is 0 Å². The highest BCUT2D eigenvalue weighted by Crippen LogP contribution is 2.24. The first-order chi connectivity index (χ1) is 7.99. The second kappa shape index (κ2) is 6.39. The first-order valence-electron chi connectivity index (χ1n) is 5.37. The number of hydrogen-bond donors (Lipinski definition) is 2. The van der Waals surface area contributed by atoms with Crippen LogP contribution in [0.1, 0.15) is 13.8 Å². The maximum atomic E-state index is 11.7. The quantitative estimate of drug-likeness (QED) is 0.771. The zero-order chi connectivity index (χ0) is 12.9. The summed E-state index contributed by atoms with van der Waals surface area (Å²) >= 11 is 1.51. The summed E-state index contributed by atoms with van der Waals surface area (Å²) in [4.78, 5) is 1.21. The van der Waals surface area contributed by atoms with Crippen molar-refractivity contribution in [3.63, 3.8) is 0 Å². The summed E-state index contributed by atoms with van der Waals surface area (Å²) < 4.78 is 25.8. The number of sulfonamides is 1. The smallest absolute Gasteiger partial charge is 0.240 e. The van der Waals surface area contributed by atoms with Gasteiger partial charge in [-0.05, 0) is 24.3 Å². The zero-order valence-electron chi connectivity index (χ0n) is 9.88. The Kier molecular flexibility index (Phi) is 5.45. The molecule has 1 aromatic rings. The maximum absolute atomic E-state index is 11.7. The van der Waals surface area contributed by atoms with Gasteiger partial charge in [0.1, 0.15) is 0 Å². The van der Waals surface area contributed by atoms with Gasteiger partial charge in [-0.25, -0.2) is 13.1 Å². The number of hydrogen-bond acceptors (Lipinski definition) is 4. The molecule has 17 heavy (non-hydrogen) atoms. The van der Waals surface area contributed by atoms with Gasteiger partial charge in [-0.3, -0.25) is 0 Å². The molecule has 0 spiro atoms. The van der Waals surface area contributed by atoms with E-state index in [0.29, 0.717) is 6.54 Å². The summed E-state index contributed by atoms with van der Waals surface area (Å²) in [6.07, 6.45) is 0. The van der Waals surface area contributed by atoms with Gasteiger partial charge in [0.25, 0.3) is 0 Å². The van der Waals surface area contributed by atoms with Crippen molar-refractivity contribution in [1.29, 1.82) is 0 Å². The van der Waals surface area contributed by atoms with E-state index in [2.05, 4.69) is 4.72 Å². The monoisotopic (exact) mass is 275 g/mol. The van der Waals surface area contributed by atoms with Crippen LogP contribution in [0.2, 0.25) is 0 Å². The zero-order valence-corrected chi connectivity index (χ0v) is 11.5. The minimum Gasteiger partial charge on any atom is -0.395 e. The van der Waals surface area contributed by atoms with Crippen LogP contribution in [0.4, 0.5) is 0 Å². The molecule has 0 heterocycles. The van der Waals surface area contributed by atoms with Crippen LogP contribution in [0.3, 0.4) is 0 Å². The average Bonchev–Trinajstić information content (AvgIpc) is 2.29. The van der Waals surface area contributed by atoms with Crippen LogP contribution < -0.4 is 4.72 Å². The highest BCUT2D eigenvalue weighted by Gasteiger charge is 2.12. The highest BCUT2D eigenvalue weighted by atomic mass is 32.2. The van der Waals surface area contributed by atoms with Gasteiger partial charge in [0.05, 0.1) is 11.5 Å². The van der Waals surface area contributed by atoms with E-state index in [-0.39, 0.29) is 16.8 Å². The van der Waals surface area contributed by atoms with Crippen molar-refractivity contribution in [2.24, 2.45) is 0 Å². The molecule has 1 rings (SSSR count). The predicted molar refractivity (Wildman–Crippen MR) is 69.7 cm³/mol. The Morgan fingerprint density at radius 3 is 2.41 bits per heavy atom. The van der Waals surface area contributed by atoms with E-state index in [4.69, 9.17) is 5.11 Å². The molecule has 1 aromatic carbocycles. The van der Waals surface area contributed by atoms with Crippen LogP contribution >= 0.6 is 11.8 Å². The molecule has 0 aromatic heterocycles. The van der Waals surface area contributed by atoms with Crippen molar-refractivity contribution < 1.29 is 13.5 Å². The third-order valence-corrected chi connectivity index (χ3v) is 4.72. The van der Waals surface area contributed by atoms with Gasteiger partial charge in [0.2, 0.25) is 10.0 Å². The molecule has 0 aliphatic heterocycles. The van der Waals surface area contributed by atoms with Crippen LogP contribution in [-0.2, 0) is 10.0 Å². The Balaban J connectivity index is 2.81. The van der Waals surface area contributed by atoms with Crippen molar-refractivity contribution >= 4 is 21.8 Å². The standard InChI is InChI=1S/C11H17NO3S2/c1-3-12-17(14,15)11-6-4-10(5-7-11)16-9(2)8-13/h4-7,9,12-13H,3,8H2,1-2H3. The molecule has 0 aliphatic carbocycles. The van der Waals surface area contributed by atoms with Crippen LogP contribution in [-0.4, -0.2) is 31.9 Å². The fourth-order valence-corrected chi connectivity index (χ4v) is 3.11. The second-order valence-electron chi connectivity index (χ2n) is 3.58. The van der Waals surface area contributed by atoms with E-state index in [0.717, 1.165) is 4.90 Å². The van der Waals surface area contributed by atoms with E-state index in [1.165, 1.54) is 11.8 Å². The molecular formula is C11H17NO3S2. The number of aliphatic hydroxyl groups excluding tert-OH is 1. The minimum absolute atomic E-state index is 0.0993. The molecule has 1 unspecified atom stereocenters. The molecule has 4 nitrogen and oxygen atoms in total. The van der Waals surface area contributed by atoms with E-state index in [9.17, 15) is 8.42 Å². The van der Waals surface area contributed by atoms with Gasteiger partial charge in [-0.2, -0.15) is 0 Å². The molecule has 0 saturated heterocycles. The lowest BCUT2D eigenvalue weighted by Gasteiger charge is -2.08. The summed E-state index contributed by atoms with van der Waals surface area (Å²) in [6, 6.07) is 6.65. The van der Waals surface area contributed by atoms with Gasteiger partial charge in [0, 0.05) is 16.7 Å². The first kappa shape index (κ1) is 14.5. The number of thioether (sulfide) groups is 1. The molecule has 1 atom stereocenters. The molecule has 0 radical (unpaired) electrons. The average molecular weight is 275 g/mol. The topological polar surface area (TPSA) is 66.4 Å². The summed E-state index contributed by atoms with van der Waals surface area (Å²) in [5.41, 5.74) is 0. The third kappa shape index (κ3) is 4.31. The summed E-state index contributed by atoms with van der Waals surface area (Å²) in [5.74, 6) is 0. The Morgan fingerprint density at radius 1 is 1.35 bits per heavy atom. The molecule has 0 amide bonds. The van der Waals surface area contributed by atoms with Crippen molar-refractivity contribution in [1.82, 2.24) is 4.72 Å². The molecule has 0 bridgehead atoms. The van der Waals surface area contributed by atoms with Crippen molar-refractivity contribution in [3.05, 3.63) is 24.3 Å². The summed E-state index contributed by atoms with van der Waals surface area (Å²) in [7, 11) is -3.37. The van der Waals surface area contributed by atoms with Crippen molar-refractivity contribution in [2.75, 3.05) is 13.2 Å². The largest absolute Gasteiger partial charge is 0.395 e. The second-order valence-corrected chi connectivity index (χ2v) is 6.86. The third-order valence-electron chi connectivity index (χ3n) is 2.06. The maximum Gasteiger partial charge on any atom is 0.240 e. The number of rotatable bonds is 6. The molecule has 2 N–H and O–H groups in total. The first-order valence-corrected chi connectivity index (χ1v) is 7.73. The molecule has 0 aliphatic rings. The van der Waals surface area contributed by atoms with Gasteiger partial charge in [-0.15, -0.1) is 11.8 Å². The molecule has 96 valence electrons. The lowest BCUT2D eigenvalue weighted by atomic mass is 10.4. The molecular weight excluding hydrogens is 258 g/mol.